The number of amides is 2. The molecule has 2 saturated heterocycles. The van der Waals surface area contributed by atoms with E-state index in [0.717, 1.165) is 11.3 Å². The fourth-order valence-corrected chi connectivity index (χ4v) is 2.94. The van der Waals surface area contributed by atoms with Crippen molar-refractivity contribution >= 4 is 29.2 Å². The van der Waals surface area contributed by atoms with Crippen molar-refractivity contribution in [1.82, 2.24) is 10.2 Å². The van der Waals surface area contributed by atoms with E-state index in [0.29, 0.717) is 6.54 Å². The fraction of sp³-hybridized carbons (Fsp3) is 0.333. The predicted molar refractivity (Wildman–Crippen MR) is 65.4 cm³/mol. The van der Waals surface area contributed by atoms with Gasteiger partial charge in [0.15, 0.2) is 0 Å². The highest BCUT2D eigenvalue weighted by Gasteiger charge is 2.49. The van der Waals surface area contributed by atoms with Crippen LogP contribution in [0, 0.1) is 0 Å². The zero-order valence-corrected chi connectivity index (χ0v) is 9.94. The van der Waals surface area contributed by atoms with Gasteiger partial charge in [0.05, 0.1) is 6.04 Å². The van der Waals surface area contributed by atoms with E-state index in [9.17, 15) is 9.59 Å². The Morgan fingerprint density at radius 1 is 1.59 bits per heavy atom. The van der Waals surface area contributed by atoms with Crippen LogP contribution in [0.4, 0.5) is 0 Å². The van der Waals surface area contributed by atoms with Crippen molar-refractivity contribution in [2.24, 2.45) is 0 Å². The molecule has 1 N–H and O–H groups in total. The molecule has 3 rings (SSSR count). The molecule has 0 aromatic carbocycles. The third-order valence-electron chi connectivity index (χ3n) is 3.21. The molecule has 88 valence electrons. The van der Waals surface area contributed by atoms with Crippen LogP contribution >= 0.6 is 11.3 Å². The number of carbonyl (C=O) groups is 2. The first-order valence-corrected chi connectivity index (χ1v) is 6.46. The number of hydrogen-bond donors (Lipinski definition) is 1. The molecule has 2 fully saturated rings. The molecule has 1 aromatic heterocycles. The lowest BCUT2D eigenvalue weighted by Gasteiger charge is -2.35. The topological polar surface area (TPSA) is 49.4 Å². The summed E-state index contributed by atoms with van der Waals surface area (Å²) in [7, 11) is 0. The summed E-state index contributed by atoms with van der Waals surface area (Å²) >= 11 is 1.59. The second kappa shape index (κ2) is 4.00. The Morgan fingerprint density at radius 3 is 3.18 bits per heavy atom. The molecular weight excluding hydrogens is 236 g/mol. The van der Waals surface area contributed by atoms with Gasteiger partial charge in [0.1, 0.15) is 6.04 Å². The Labute approximate surface area is 103 Å². The Kier molecular flexibility index (Phi) is 2.48. The van der Waals surface area contributed by atoms with Gasteiger partial charge in [0.25, 0.3) is 0 Å². The second-order valence-electron chi connectivity index (χ2n) is 4.23. The van der Waals surface area contributed by atoms with Gasteiger partial charge in [-0.15, -0.1) is 11.3 Å². The molecule has 2 atom stereocenters. The molecule has 0 bridgehead atoms. The molecule has 3 heterocycles. The van der Waals surface area contributed by atoms with Crippen molar-refractivity contribution in [3.8, 4) is 0 Å². The number of nitrogens with zero attached hydrogens (tertiary/aromatic N) is 1. The van der Waals surface area contributed by atoms with Gasteiger partial charge >= 0.3 is 0 Å². The van der Waals surface area contributed by atoms with Crippen LogP contribution in [0.5, 0.6) is 0 Å². The maximum Gasteiger partial charge on any atom is 0.247 e. The van der Waals surface area contributed by atoms with Gasteiger partial charge in [0.2, 0.25) is 11.8 Å². The van der Waals surface area contributed by atoms with E-state index in [1.807, 2.05) is 17.5 Å². The number of nitrogens with one attached hydrogen (secondary N) is 1. The van der Waals surface area contributed by atoms with E-state index < -0.39 is 0 Å². The number of thiophene rings is 1. The summed E-state index contributed by atoms with van der Waals surface area (Å²) in [5, 5.41) is 4.77. The van der Waals surface area contributed by atoms with Crippen LogP contribution in [0.15, 0.2) is 23.6 Å². The van der Waals surface area contributed by atoms with Gasteiger partial charge in [-0.05, 0) is 23.9 Å². The molecule has 0 saturated carbocycles. The van der Waals surface area contributed by atoms with Crippen molar-refractivity contribution in [2.45, 2.75) is 18.5 Å². The molecule has 17 heavy (non-hydrogen) atoms. The quantitative estimate of drug-likeness (QED) is 0.623. The molecule has 0 aliphatic carbocycles. The Hall–Kier alpha value is -1.62. The minimum Gasteiger partial charge on any atom is -0.349 e. The van der Waals surface area contributed by atoms with Gasteiger partial charge in [-0.25, -0.2) is 0 Å². The van der Waals surface area contributed by atoms with Gasteiger partial charge in [-0.3, -0.25) is 9.59 Å². The molecule has 0 unspecified atom stereocenters. The molecule has 4 nitrogen and oxygen atoms in total. The molecule has 5 heteroatoms. The Morgan fingerprint density at radius 2 is 2.47 bits per heavy atom. The summed E-state index contributed by atoms with van der Waals surface area (Å²) in [5.74, 6) is -0.0916. The molecule has 2 amide bonds. The minimum absolute atomic E-state index is 0.0228. The highest BCUT2D eigenvalue weighted by molar-refractivity contribution is 7.10. The van der Waals surface area contributed by atoms with E-state index in [-0.39, 0.29) is 23.9 Å². The number of β-lactam (4-membered cyclic amide) rings is 1. The monoisotopic (exact) mass is 248 g/mol. The summed E-state index contributed by atoms with van der Waals surface area (Å²) in [6, 6.07) is 3.86. The van der Waals surface area contributed by atoms with E-state index in [1.54, 1.807) is 28.4 Å². The summed E-state index contributed by atoms with van der Waals surface area (Å²) in [6.07, 6.45) is 4.23. The van der Waals surface area contributed by atoms with Crippen LogP contribution in [0.25, 0.3) is 6.08 Å². The maximum atomic E-state index is 11.9. The molecule has 0 radical (unpaired) electrons. The van der Waals surface area contributed by atoms with Crippen molar-refractivity contribution in [3.63, 3.8) is 0 Å². The van der Waals surface area contributed by atoms with Gasteiger partial charge < -0.3 is 10.2 Å². The first-order chi connectivity index (χ1) is 8.25. The van der Waals surface area contributed by atoms with Crippen LogP contribution in [0.3, 0.4) is 0 Å². The number of likely N-dealkylation sites (tertiary alicyclic amines) is 1. The molecule has 0 spiro atoms. The first kappa shape index (κ1) is 10.5. The third-order valence-corrected chi connectivity index (χ3v) is 4.05. The van der Waals surface area contributed by atoms with Gasteiger partial charge in [0, 0.05) is 17.5 Å². The van der Waals surface area contributed by atoms with Crippen LogP contribution in [0.2, 0.25) is 0 Å². The zero-order chi connectivity index (χ0) is 11.8. The summed E-state index contributed by atoms with van der Waals surface area (Å²) in [5.41, 5.74) is 0. The van der Waals surface area contributed by atoms with E-state index in [4.69, 9.17) is 0 Å². The van der Waals surface area contributed by atoms with E-state index in [1.165, 1.54) is 0 Å². The predicted octanol–water partition coefficient (Wildman–Crippen LogP) is 0.861. The zero-order valence-electron chi connectivity index (χ0n) is 9.13. The molecule has 2 aliphatic rings. The lowest BCUT2D eigenvalue weighted by atomic mass is 10.0. The highest BCUT2D eigenvalue weighted by atomic mass is 32.1. The lowest BCUT2D eigenvalue weighted by molar-refractivity contribution is -0.141. The van der Waals surface area contributed by atoms with Crippen molar-refractivity contribution in [3.05, 3.63) is 28.5 Å². The normalized spacial score (nSPS) is 26.8. The molecular formula is C12H12N2O2S. The maximum absolute atomic E-state index is 11.9. The van der Waals surface area contributed by atoms with Gasteiger partial charge in [-0.1, -0.05) is 6.07 Å². The molecule has 1 aromatic rings. The highest BCUT2D eigenvalue weighted by Crippen LogP contribution is 2.25. The smallest absolute Gasteiger partial charge is 0.247 e. The number of carbonyl (C=O) groups excluding carboxylic acids is 2. The number of hydrogen-bond acceptors (Lipinski definition) is 3. The number of rotatable bonds is 2. The van der Waals surface area contributed by atoms with Crippen LogP contribution < -0.4 is 5.32 Å². The Bertz CT molecular complexity index is 481. The first-order valence-electron chi connectivity index (χ1n) is 5.58. The van der Waals surface area contributed by atoms with Crippen LogP contribution in [-0.2, 0) is 9.59 Å². The molecule has 2 aliphatic heterocycles. The van der Waals surface area contributed by atoms with E-state index >= 15 is 0 Å². The van der Waals surface area contributed by atoms with Crippen LogP contribution in [0.1, 0.15) is 11.3 Å². The minimum atomic E-state index is -0.226. The standard InChI is InChI=1S/C12H12N2O2S/c15-10(4-3-8-2-1-7-17-8)14-6-5-9-11(14)12(16)13-9/h1-4,7,9,11H,5-6H2,(H,13,16)/b4-3+/t9-,11+/m1/s1. The fourth-order valence-electron chi connectivity index (χ4n) is 2.32. The summed E-state index contributed by atoms with van der Waals surface area (Å²) in [4.78, 5) is 26.0. The van der Waals surface area contributed by atoms with Crippen LogP contribution in [-0.4, -0.2) is 35.3 Å². The lowest BCUT2D eigenvalue weighted by Crippen LogP contribution is -2.64. The van der Waals surface area contributed by atoms with E-state index in [2.05, 4.69) is 5.32 Å². The summed E-state index contributed by atoms with van der Waals surface area (Å²) < 4.78 is 0. The van der Waals surface area contributed by atoms with Crippen molar-refractivity contribution < 1.29 is 9.59 Å². The average molecular weight is 248 g/mol. The van der Waals surface area contributed by atoms with Crippen molar-refractivity contribution in [2.75, 3.05) is 6.54 Å². The third kappa shape index (κ3) is 1.76. The van der Waals surface area contributed by atoms with Gasteiger partial charge in [-0.2, -0.15) is 0 Å². The number of fused-ring (bicyclic) bond motifs is 1. The average Bonchev–Trinajstić information content (AvgIpc) is 2.91. The SMILES string of the molecule is O=C1N[C@@H]2CCN(C(=O)/C=C/c3cccs3)[C@H]12. The summed E-state index contributed by atoms with van der Waals surface area (Å²) in [6.45, 7) is 0.668. The Balaban J connectivity index is 1.69. The van der Waals surface area contributed by atoms with Crippen molar-refractivity contribution in [1.29, 1.82) is 0 Å². The largest absolute Gasteiger partial charge is 0.349 e. The second-order valence-corrected chi connectivity index (χ2v) is 5.21.